The molecule has 0 spiro atoms. The lowest BCUT2D eigenvalue weighted by molar-refractivity contribution is -0.136. The predicted octanol–water partition coefficient (Wildman–Crippen LogP) is 4.29. The molecule has 0 N–H and O–H groups in total. The number of ether oxygens (including phenoxy) is 1. The maximum Gasteiger partial charge on any atom is 0.288 e. The molecule has 2 aliphatic rings. The van der Waals surface area contributed by atoms with E-state index < -0.39 is 0 Å². The van der Waals surface area contributed by atoms with Crippen molar-refractivity contribution in [1.29, 1.82) is 0 Å². The fourth-order valence-electron chi connectivity index (χ4n) is 3.72. The average Bonchev–Trinajstić information content (AvgIpc) is 2.60. The van der Waals surface area contributed by atoms with Crippen molar-refractivity contribution in [3.63, 3.8) is 0 Å². The second kappa shape index (κ2) is 7.67. The minimum atomic E-state index is 0.0949. The Balaban J connectivity index is 1.72. The van der Waals surface area contributed by atoms with Crippen molar-refractivity contribution in [2.75, 3.05) is 6.54 Å². The van der Waals surface area contributed by atoms with Gasteiger partial charge >= 0.3 is 0 Å². The summed E-state index contributed by atoms with van der Waals surface area (Å²) in [5, 5.41) is 0. The Morgan fingerprint density at radius 1 is 1.17 bits per heavy atom. The highest BCUT2D eigenvalue weighted by molar-refractivity contribution is 5.92. The van der Waals surface area contributed by atoms with E-state index in [1.165, 1.54) is 19.3 Å². The van der Waals surface area contributed by atoms with Gasteiger partial charge < -0.3 is 9.64 Å². The van der Waals surface area contributed by atoms with Crippen LogP contribution in [-0.2, 0) is 16.1 Å². The topological polar surface area (TPSA) is 29.5 Å². The molecule has 23 heavy (non-hydrogen) atoms. The Kier molecular flexibility index (Phi) is 5.37. The minimum absolute atomic E-state index is 0.0949. The van der Waals surface area contributed by atoms with Crippen molar-refractivity contribution in [2.24, 2.45) is 5.92 Å². The number of unbranched alkanes of at least 4 members (excludes halogenated alkanes) is 1. The van der Waals surface area contributed by atoms with Gasteiger partial charge in [0.15, 0.2) is 5.76 Å². The number of carbonyl (C=O) groups excluding carboxylic acids is 1. The van der Waals surface area contributed by atoms with Gasteiger partial charge in [-0.15, -0.1) is 0 Å². The quantitative estimate of drug-likeness (QED) is 0.784. The molecule has 1 aliphatic carbocycles. The number of rotatable bonds is 6. The molecule has 0 bridgehead atoms. The molecule has 1 fully saturated rings. The molecule has 3 heteroatoms. The highest BCUT2D eigenvalue weighted by atomic mass is 16.5. The van der Waals surface area contributed by atoms with E-state index in [2.05, 4.69) is 17.9 Å². The third kappa shape index (κ3) is 3.77. The van der Waals surface area contributed by atoms with Gasteiger partial charge in [-0.1, -0.05) is 56.5 Å². The first-order valence-electron chi connectivity index (χ1n) is 8.99. The predicted molar refractivity (Wildman–Crippen MR) is 91.7 cm³/mol. The van der Waals surface area contributed by atoms with Crippen molar-refractivity contribution in [1.82, 2.24) is 4.90 Å². The van der Waals surface area contributed by atoms with Gasteiger partial charge in [0.2, 0.25) is 0 Å². The SMILES string of the molecule is CCCCN1C(=O)C(OCc2ccccc2)=CC2CCCCC21. The first kappa shape index (κ1) is 16.1. The van der Waals surface area contributed by atoms with Crippen molar-refractivity contribution < 1.29 is 9.53 Å². The lowest BCUT2D eigenvalue weighted by Crippen LogP contribution is -2.50. The molecular weight excluding hydrogens is 286 g/mol. The van der Waals surface area contributed by atoms with E-state index in [-0.39, 0.29) is 5.91 Å². The number of fused-ring (bicyclic) bond motifs is 1. The van der Waals surface area contributed by atoms with Crippen LogP contribution in [0.5, 0.6) is 0 Å². The van der Waals surface area contributed by atoms with E-state index in [0.29, 0.717) is 24.3 Å². The van der Waals surface area contributed by atoms with Crippen LogP contribution in [0.1, 0.15) is 51.0 Å². The van der Waals surface area contributed by atoms with Crippen LogP contribution in [-0.4, -0.2) is 23.4 Å². The lowest BCUT2D eigenvalue weighted by atomic mass is 9.81. The monoisotopic (exact) mass is 313 g/mol. The number of benzene rings is 1. The van der Waals surface area contributed by atoms with Gasteiger partial charge in [-0.05, 0) is 30.9 Å². The van der Waals surface area contributed by atoms with Gasteiger partial charge in [0.1, 0.15) is 6.61 Å². The molecule has 3 nitrogen and oxygen atoms in total. The summed E-state index contributed by atoms with van der Waals surface area (Å²) in [6.45, 7) is 3.51. The highest BCUT2D eigenvalue weighted by Crippen LogP contribution is 2.35. The maximum atomic E-state index is 12.8. The number of carbonyl (C=O) groups is 1. The molecule has 1 aromatic rings. The molecule has 2 atom stereocenters. The third-order valence-electron chi connectivity index (χ3n) is 5.01. The number of amides is 1. The van der Waals surface area contributed by atoms with Crippen LogP contribution in [0, 0.1) is 5.92 Å². The van der Waals surface area contributed by atoms with Gasteiger partial charge in [-0.3, -0.25) is 4.79 Å². The first-order chi connectivity index (χ1) is 11.3. The zero-order chi connectivity index (χ0) is 16.1. The molecule has 1 saturated carbocycles. The van der Waals surface area contributed by atoms with Gasteiger partial charge in [-0.2, -0.15) is 0 Å². The van der Waals surface area contributed by atoms with E-state index in [1.807, 2.05) is 30.3 Å². The summed E-state index contributed by atoms with van der Waals surface area (Å²) in [7, 11) is 0. The fraction of sp³-hybridized carbons (Fsp3) is 0.550. The lowest BCUT2D eigenvalue weighted by Gasteiger charge is -2.42. The summed E-state index contributed by atoms with van der Waals surface area (Å²) in [5.41, 5.74) is 1.10. The number of hydrogen-bond acceptors (Lipinski definition) is 2. The molecule has 1 amide bonds. The van der Waals surface area contributed by atoms with Crippen LogP contribution in [0.4, 0.5) is 0 Å². The van der Waals surface area contributed by atoms with Crippen LogP contribution >= 0.6 is 0 Å². The molecule has 0 saturated heterocycles. The standard InChI is InChI=1S/C20H27NO2/c1-2-3-13-21-18-12-8-7-11-17(18)14-19(20(21)22)23-15-16-9-5-4-6-10-16/h4-6,9-10,14,17-18H,2-3,7-8,11-13,15H2,1H3. The van der Waals surface area contributed by atoms with E-state index in [0.717, 1.165) is 31.4 Å². The van der Waals surface area contributed by atoms with Crippen LogP contribution in [0.25, 0.3) is 0 Å². The Morgan fingerprint density at radius 3 is 2.74 bits per heavy atom. The molecule has 0 radical (unpaired) electrons. The van der Waals surface area contributed by atoms with Crippen molar-refractivity contribution in [2.45, 2.75) is 58.1 Å². The summed E-state index contributed by atoms with van der Waals surface area (Å²) < 4.78 is 5.91. The molecule has 0 aromatic heterocycles. The van der Waals surface area contributed by atoms with Crippen LogP contribution in [0.15, 0.2) is 42.2 Å². The maximum absolute atomic E-state index is 12.8. The van der Waals surface area contributed by atoms with Gasteiger partial charge in [0, 0.05) is 18.5 Å². The minimum Gasteiger partial charge on any atom is -0.483 e. The first-order valence-corrected chi connectivity index (χ1v) is 8.99. The summed E-state index contributed by atoms with van der Waals surface area (Å²) in [5.74, 6) is 1.13. The third-order valence-corrected chi connectivity index (χ3v) is 5.01. The zero-order valence-corrected chi connectivity index (χ0v) is 14.0. The van der Waals surface area contributed by atoms with Crippen LogP contribution < -0.4 is 0 Å². The smallest absolute Gasteiger partial charge is 0.288 e. The average molecular weight is 313 g/mol. The number of hydrogen-bond donors (Lipinski definition) is 0. The van der Waals surface area contributed by atoms with Gasteiger partial charge in [0.05, 0.1) is 0 Å². The van der Waals surface area contributed by atoms with Crippen LogP contribution in [0.2, 0.25) is 0 Å². The Morgan fingerprint density at radius 2 is 1.96 bits per heavy atom. The van der Waals surface area contributed by atoms with E-state index in [4.69, 9.17) is 4.74 Å². The molecular formula is C20H27NO2. The Hall–Kier alpha value is -1.77. The molecule has 1 aromatic carbocycles. The highest BCUT2D eigenvalue weighted by Gasteiger charge is 2.38. The normalized spacial score (nSPS) is 24.1. The van der Waals surface area contributed by atoms with E-state index >= 15 is 0 Å². The Bertz CT molecular complexity index is 552. The van der Waals surface area contributed by atoms with Gasteiger partial charge in [0.25, 0.3) is 5.91 Å². The van der Waals surface area contributed by atoms with Crippen molar-refractivity contribution in [3.8, 4) is 0 Å². The zero-order valence-electron chi connectivity index (χ0n) is 14.0. The van der Waals surface area contributed by atoms with Crippen LogP contribution in [0.3, 0.4) is 0 Å². The summed E-state index contributed by atoms with van der Waals surface area (Å²) >= 11 is 0. The van der Waals surface area contributed by atoms with E-state index in [1.54, 1.807) is 0 Å². The van der Waals surface area contributed by atoms with Crippen molar-refractivity contribution in [3.05, 3.63) is 47.7 Å². The molecule has 1 heterocycles. The number of nitrogens with zero attached hydrogens (tertiary/aromatic N) is 1. The van der Waals surface area contributed by atoms with Crippen molar-refractivity contribution >= 4 is 5.91 Å². The molecule has 2 unspecified atom stereocenters. The molecule has 124 valence electrons. The fourth-order valence-corrected chi connectivity index (χ4v) is 3.72. The second-order valence-corrected chi connectivity index (χ2v) is 6.67. The summed E-state index contributed by atoms with van der Waals surface area (Å²) in [4.78, 5) is 14.9. The second-order valence-electron chi connectivity index (χ2n) is 6.67. The molecule has 3 rings (SSSR count). The molecule has 1 aliphatic heterocycles. The van der Waals surface area contributed by atoms with E-state index in [9.17, 15) is 4.79 Å². The Labute approximate surface area is 139 Å². The summed E-state index contributed by atoms with van der Waals surface area (Å²) in [6, 6.07) is 10.5. The van der Waals surface area contributed by atoms with Gasteiger partial charge in [-0.25, -0.2) is 0 Å². The summed E-state index contributed by atoms with van der Waals surface area (Å²) in [6.07, 6.45) is 9.12. The largest absolute Gasteiger partial charge is 0.483 e.